The number of rotatable bonds is 8. The van der Waals surface area contributed by atoms with Crippen LogP contribution in [-0.2, 0) is 11.4 Å². The molecule has 1 aliphatic heterocycles. The lowest BCUT2D eigenvalue weighted by Crippen LogP contribution is -2.28. The van der Waals surface area contributed by atoms with Crippen LogP contribution in [-0.4, -0.2) is 17.7 Å². The van der Waals surface area contributed by atoms with Crippen molar-refractivity contribution in [3.05, 3.63) is 121 Å². The molecular weight excluding hydrogens is 664 g/mol. The fraction of sp³-hybridized carbons (Fsp3) is 0.152. The standard InChI is InChI=1S/C33H28Br2N2O3S/c1-4-39-29-18-24(17-28(35)31(29)40-20-23-9-11-25(34)12-10-23)19-30-32(38)37(27-15-7-22(3)8-16-27)33(41-30)36-26-13-5-21(2)6-14-26/h5-19H,4,20H2,1-3H3/b30-19-,36-33?. The molecule has 208 valence electrons. The molecule has 0 aromatic heterocycles. The van der Waals surface area contributed by atoms with Gasteiger partial charge in [0.2, 0.25) is 0 Å². The van der Waals surface area contributed by atoms with Crippen molar-refractivity contribution in [1.29, 1.82) is 0 Å². The van der Waals surface area contributed by atoms with Gasteiger partial charge in [-0.05, 0) is 114 Å². The maximum Gasteiger partial charge on any atom is 0.271 e. The molecule has 1 amide bonds. The molecule has 0 radical (unpaired) electrons. The van der Waals surface area contributed by atoms with Crippen LogP contribution < -0.4 is 14.4 Å². The molecule has 0 aliphatic carbocycles. The summed E-state index contributed by atoms with van der Waals surface area (Å²) in [7, 11) is 0. The highest BCUT2D eigenvalue weighted by Gasteiger charge is 2.35. The topological polar surface area (TPSA) is 51.1 Å². The molecule has 0 atom stereocenters. The first-order chi connectivity index (χ1) is 19.8. The SMILES string of the molecule is CCOc1cc(/C=C2\SC(=Nc3ccc(C)cc3)N(c3ccc(C)cc3)C2=O)cc(Br)c1OCc1ccc(Br)cc1. The average Bonchev–Trinajstić information content (AvgIpc) is 3.25. The molecule has 1 heterocycles. The lowest BCUT2D eigenvalue weighted by molar-refractivity contribution is -0.113. The van der Waals surface area contributed by atoms with Crippen LogP contribution in [0.3, 0.4) is 0 Å². The van der Waals surface area contributed by atoms with E-state index in [1.54, 1.807) is 4.90 Å². The fourth-order valence-corrected chi connectivity index (χ4v) is 6.00. The van der Waals surface area contributed by atoms with Crippen molar-refractivity contribution in [2.75, 3.05) is 11.5 Å². The summed E-state index contributed by atoms with van der Waals surface area (Å²) in [6.45, 7) is 6.86. The summed E-state index contributed by atoms with van der Waals surface area (Å²) < 4.78 is 13.9. The van der Waals surface area contributed by atoms with E-state index < -0.39 is 0 Å². The quantitative estimate of drug-likeness (QED) is 0.173. The van der Waals surface area contributed by atoms with Crippen molar-refractivity contribution >= 4 is 72.1 Å². The number of aryl methyl sites for hydroxylation is 2. The Balaban J connectivity index is 1.48. The molecule has 0 bridgehead atoms. The molecule has 1 aliphatic rings. The van der Waals surface area contributed by atoms with Gasteiger partial charge >= 0.3 is 0 Å². The first kappa shape index (κ1) is 29.2. The van der Waals surface area contributed by atoms with Gasteiger partial charge < -0.3 is 9.47 Å². The molecule has 41 heavy (non-hydrogen) atoms. The van der Waals surface area contributed by atoms with Gasteiger partial charge in [-0.2, -0.15) is 0 Å². The van der Waals surface area contributed by atoms with Crippen molar-refractivity contribution in [1.82, 2.24) is 0 Å². The molecule has 1 fully saturated rings. The minimum absolute atomic E-state index is 0.130. The van der Waals surface area contributed by atoms with Gasteiger partial charge in [-0.15, -0.1) is 0 Å². The second kappa shape index (κ2) is 13.1. The number of anilines is 1. The van der Waals surface area contributed by atoms with Crippen molar-refractivity contribution < 1.29 is 14.3 Å². The molecule has 4 aromatic rings. The van der Waals surface area contributed by atoms with Crippen LogP contribution in [0.4, 0.5) is 11.4 Å². The second-order valence-corrected chi connectivity index (χ2v) is 12.3. The van der Waals surface area contributed by atoms with Crippen LogP contribution in [0.25, 0.3) is 6.08 Å². The van der Waals surface area contributed by atoms with Crippen LogP contribution >= 0.6 is 43.6 Å². The van der Waals surface area contributed by atoms with E-state index in [9.17, 15) is 4.79 Å². The molecule has 1 saturated heterocycles. The largest absolute Gasteiger partial charge is 0.490 e. The van der Waals surface area contributed by atoms with Gasteiger partial charge in [0.25, 0.3) is 5.91 Å². The highest BCUT2D eigenvalue weighted by Crippen LogP contribution is 2.41. The Hall–Kier alpha value is -3.33. The zero-order chi connectivity index (χ0) is 28.9. The number of aliphatic imine (C=N–C) groups is 1. The summed E-state index contributed by atoms with van der Waals surface area (Å²) >= 11 is 8.49. The maximum atomic E-state index is 13.8. The zero-order valence-electron chi connectivity index (χ0n) is 22.9. The lowest BCUT2D eigenvalue weighted by atomic mass is 10.1. The molecule has 5 nitrogen and oxygen atoms in total. The van der Waals surface area contributed by atoms with Crippen LogP contribution in [0.2, 0.25) is 0 Å². The summed E-state index contributed by atoms with van der Waals surface area (Å²) in [6, 6.07) is 27.7. The Kier molecular flexibility index (Phi) is 9.32. The van der Waals surface area contributed by atoms with Gasteiger partial charge in [-0.3, -0.25) is 9.69 Å². The first-order valence-electron chi connectivity index (χ1n) is 13.1. The van der Waals surface area contributed by atoms with Gasteiger partial charge in [0, 0.05) is 4.47 Å². The lowest BCUT2D eigenvalue weighted by Gasteiger charge is -2.16. The van der Waals surface area contributed by atoms with E-state index in [1.807, 2.05) is 112 Å². The minimum Gasteiger partial charge on any atom is -0.490 e. The Labute approximate surface area is 261 Å². The third-order valence-corrected chi connectivity index (χ3v) is 8.37. The second-order valence-electron chi connectivity index (χ2n) is 9.49. The van der Waals surface area contributed by atoms with E-state index in [0.29, 0.717) is 34.8 Å². The van der Waals surface area contributed by atoms with Gasteiger partial charge in [-0.1, -0.05) is 63.5 Å². The number of hydrogen-bond donors (Lipinski definition) is 0. The monoisotopic (exact) mass is 690 g/mol. The zero-order valence-corrected chi connectivity index (χ0v) is 26.8. The summed E-state index contributed by atoms with van der Waals surface area (Å²) in [5.74, 6) is 1.09. The molecule has 0 saturated carbocycles. The third kappa shape index (κ3) is 7.12. The van der Waals surface area contributed by atoms with Crippen molar-refractivity contribution in [3.63, 3.8) is 0 Å². The summed E-state index contributed by atoms with van der Waals surface area (Å²) in [5.41, 5.74) is 5.69. The Morgan fingerprint density at radius 3 is 2.20 bits per heavy atom. The summed E-state index contributed by atoms with van der Waals surface area (Å²) in [5, 5.41) is 0.604. The normalized spacial score (nSPS) is 15.1. The van der Waals surface area contributed by atoms with Gasteiger partial charge in [-0.25, -0.2) is 4.99 Å². The van der Waals surface area contributed by atoms with E-state index in [1.165, 1.54) is 11.8 Å². The minimum atomic E-state index is -0.130. The summed E-state index contributed by atoms with van der Waals surface area (Å²) in [4.78, 5) is 20.9. The van der Waals surface area contributed by atoms with Crippen LogP contribution in [0.1, 0.15) is 29.2 Å². The number of nitrogens with zero attached hydrogens (tertiary/aromatic N) is 2. The predicted molar refractivity (Wildman–Crippen MR) is 176 cm³/mol. The number of amidine groups is 1. The van der Waals surface area contributed by atoms with Crippen molar-refractivity contribution in [2.45, 2.75) is 27.4 Å². The van der Waals surface area contributed by atoms with E-state index in [2.05, 4.69) is 31.9 Å². The number of amides is 1. The predicted octanol–water partition coefficient (Wildman–Crippen LogP) is 9.61. The maximum absolute atomic E-state index is 13.8. The van der Waals surface area contributed by atoms with Gasteiger partial charge in [0.15, 0.2) is 16.7 Å². The fourth-order valence-electron chi connectivity index (χ4n) is 4.16. The average molecular weight is 692 g/mol. The number of thioether (sulfide) groups is 1. The Bertz CT molecular complexity index is 1620. The summed E-state index contributed by atoms with van der Waals surface area (Å²) in [6.07, 6.45) is 1.87. The number of halogens is 2. The van der Waals surface area contributed by atoms with E-state index in [0.717, 1.165) is 42.6 Å². The van der Waals surface area contributed by atoms with Crippen LogP contribution in [0.5, 0.6) is 11.5 Å². The molecule has 0 spiro atoms. The molecule has 4 aromatic carbocycles. The highest BCUT2D eigenvalue weighted by atomic mass is 79.9. The van der Waals surface area contributed by atoms with Crippen LogP contribution in [0, 0.1) is 13.8 Å². The van der Waals surface area contributed by atoms with Crippen molar-refractivity contribution in [3.8, 4) is 11.5 Å². The van der Waals surface area contributed by atoms with Gasteiger partial charge in [0.05, 0.1) is 27.4 Å². The number of carbonyl (C=O) groups excluding carboxylic acids is 1. The van der Waals surface area contributed by atoms with Crippen molar-refractivity contribution in [2.24, 2.45) is 4.99 Å². The molecule has 0 N–H and O–H groups in total. The van der Waals surface area contributed by atoms with E-state index in [4.69, 9.17) is 14.5 Å². The Morgan fingerprint density at radius 2 is 1.54 bits per heavy atom. The smallest absolute Gasteiger partial charge is 0.271 e. The van der Waals surface area contributed by atoms with E-state index >= 15 is 0 Å². The number of hydrogen-bond acceptors (Lipinski definition) is 5. The van der Waals surface area contributed by atoms with Crippen LogP contribution in [0.15, 0.2) is 104 Å². The molecular formula is C33H28Br2N2O3S. The molecule has 0 unspecified atom stereocenters. The molecule has 8 heteroatoms. The first-order valence-corrected chi connectivity index (χ1v) is 15.5. The number of benzene rings is 4. The highest BCUT2D eigenvalue weighted by molar-refractivity contribution is 9.10. The molecule has 5 rings (SSSR count). The Morgan fingerprint density at radius 1 is 0.878 bits per heavy atom. The third-order valence-electron chi connectivity index (χ3n) is 6.28. The number of ether oxygens (including phenoxy) is 2. The van der Waals surface area contributed by atoms with E-state index in [-0.39, 0.29) is 5.91 Å². The van der Waals surface area contributed by atoms with Gasteiger partial charge in [0.1, 0.15) is 6.61 Å². The number of carbonyl (C=O) groups is 1.